The average Bonchev–Trinajstić information content (AvgIpc) is 2.34. The van der Waals surface area contributed by atoms with E-state index in [4.69, 9.17) is 4.74 Å². The van der Waals surface area contributed by atoms with Crippen LogP contribution in [0.3, 0.4) is 0 Å². The molecule has 17 heavy (non-hydrogen) atoms. The summed E-state index contributed by atoms with van der Waals surface area (Å²) in [6, 6.07) is 6.63. The molecule has 0 spiro atoms. The van der Waals surface area contributed by atoms with Crippen molar-refractivity contribution in [1.29, 1.82) is 0 Å². The number of rotatable bonds is 5. The minimum atomic E-state index is 0.249. The molecule has 0 aromatic carbocycles. The number of hydrogen-bond donors (Lipinski definition) is 1. The molecule has 1 aliphatic rings. The van der Waals surface area contributed by atoms with Crippen LogP contribution in [0.1, 0.15) is 26.0 Å². The molecule has 1 saturated carbocycles. The van der Waals surface area contributed by atoms with Gasteiger partial charge in [-0.05, 0) is 18.6 Å². The van der Waals surface area contributed by atoms with Gasteiger partial charge in [-0.2, -0.15) is 0 Å². The van der Waals surface area contributed by atoms with Crippen molar-refractivity contribution in [2.75, 3.05) is 13.7 Å². The number of aromatic nitrogens is 1. The molecule has 1 aliphatic carbocycles. The molecular weight excluding hydrogens is 212 g/mol. The molecule has 0 aliphatic heterocycles. The van der Waals surface area contributed by atoms with Crippen molar-refractivity contribution < 1.29 is 4.74 Å². The number of methoxy groups -OCH3 is 1. The number of ether oxygens (including phenoxy) is 1. The van der Waals surface area contributed by atoms with E-state index in [1.54, 1.807) is 7.11 Å². The van der Waals surface area contributed by atoms with Crippen LogP contribution in [0.25, 0.3) is 0 Å². The van der Waals surface area contributed by atoms with Gasteiger partial charge in [0.05, 0.1) is 6.10 Å². The quantitative estimate of drug-likeness (QED) is 0.846. The summed E-state index contributed by atoms with van der Waals surface area (Å²) in [6.45, 7) is 5.52. The SMILES string of the molecule is COC1CC(NCCc2ccccn2)C1(C)C. The van der Waals surface area contributed by atoms with Gasteiger partial charge in [-0.1, -0.05) is 19.9 Å². The second-order valence-electron chi connectivity index (χ2n) is 5.36. The summed E-state index contributed by atoms with van der Waals surface area (Å²) >= 11 is 0. The van der Waals surface area contributed by atoms with Gasteiger partial charge in [-0.3, -0.25) is 4.98 Å². The molecular formula is C14H22N2O. The van der Waals surface area contributed by atoms with E-state index in [0.717, 1.165) is 25.1 Å². The fraction of sp³-hybridized carbons (Fsp3) is 0.643. The molecule has 1 N–H and O–H groups in total. The van der Waals surface area contributed by atoms with Crippen LogP contribution in [0.4, 0.5) is 0 Å². The fourth-order valence-corrected chi connectivity index (χ4v) is 2.55. The maximum atomic E-state index is 5.44. The summed E-state index contributed by atoms with van der Waals surface area (Å²) in [5.41, 5.74) is 1.40. The van der Waals surface area contributed by atoms with Crippen molar-refractivity contribution >= 4 is 0 Å². The molecule has 0 bridgehead atoms. The Labute approximate surface area is 104 Å². The Morgan fingerprint density at radius 2 is 2.29 bits per heavy atom. The Bertz CT molecular complexity index is 350. The Balaban J connectivity index is 1.74. The smallest absolute Gasteiger partial charge is 0.0652 e. The molecule has 2 rings (SSSR count). The monoisotopic (exact) mass is 234 g/mol. The first-order chi connectivity index (χ1) is 8.14. The summed E-state index contributed by atoms with van der Waals surface area (Å²) in [7, 11) is 1.80. The number of pyridine rings is 1. The standard InChI is InChI=1S/C14H22N2O/c1-14(2)12(10-13(14)17-3)16-9-7-11-6-4-5-8-15-11/h4-6,8,12-13,16H,7,9-10H2,1-3H3. The first-order valence-electron chi connectivity index (χ1n) is 6.30. The second-order valence-corrected chi connectivity index (χ2v) is 5.36. The minimum Gasteiger partial charge on any atom is -0.381 e. The highest BCUT2D eigenvalue weighted by molar-refractivity contribution is 5.05. The molecule has 94 valence electrons. The largest absolute Gasteiger partial charge is 0.381 e. The van der Waals surface area contributed by atoms with Crippen LogP contribution >= 0.6 is 0 Å². The highest BCUT2D eigenvalue weighted by Crippen LogP contribution is 2.42. The van der Waals surface area contributed by atoms with E-state index < -0.39 is 0 Å². The maximum absolute atomic E-state index is 5.44. The van der Waals surface area contributed by atoms with Crippen molar-refractivity contribution in [3.63, 3.8) is 0 Å². The summed E-state index contributed by atoms with van der Waals surface area (Å²) in [5, 5.41) is 3.60. The Morgan fingerprint density at radius 1 is 1.47 bits per heavy atom. The van der Waals surface area contributed by atoms with Crippen molar-refractivity contribution in [3.8, 4) is 0 Å². The van der Waals surface area contributed by atoms with Gasteiger partial charge < -0.3 is 10.1 Å². The molecule has 2 atom stereocenters. The second kappa shape index (κ2) is 5.15. The van der Waals surface area contributed by atoms with Gasteiger partial charge in [0.15, 0.2) is 0 Å². The van der Waals surface area contributed by atoms with Gasteiger partial charge in [-0.15, -0.1) is 0 Å². The molecule has 1 aromatic rings. The van der Waals surface area contributed by atoms with Crippen LogP contribution in [-0.4, -0.2) is 30.8 Å². The van der Waals surface area contributed by atoms with Crippen LogP contribution in [0.5, 0.6) is 0 Å². The highest BCUT2D eigenvalue weighted by atomic mass is 16.5. The summed E-state index contributed by atoms with van der Waals surface area (Å²) < 4.78 is 5.44. The maximum Gasteiger partial charge on any atom is 0.0652 e. The van der Waals surface area contributed by atoms with Crippen LogP contribution in [0.2, 0.25) is 0 Å². The zero-order valence-electron chi connectivity index (χ0n) is 10.9. The van der Waals surface area contributed by atoms with Crippen LogP contribution < -0.4 is 5.32 Å². The van der Waals surface area contributed by atoms with E-state index >= 15 is 0 Å². The van der Waals surface area contributed by atoms with Crippen molar-refractivity contribution in [2.24, 2.45) is 5.41 Å². The normalized spacial score (nSPS) is 26.5. The van der Waals surface area contributed by atoms with Gasteiger partial charge in [0, 0.05) is 43.4 Å². The van der Waals surface area contributed by atoms with Crippen LogP contribution in [0, 0.1) is 5.41 Å². The van der Waals surface area contributed by atoms with E-state index in [1.165, 1.54) is 0 Å². The van der Waals surface area contributed by atoms with Crippen molar-refractivity contribution in [3.05, 3.63) is 30.1 Å². The molecule has 0 radical (unpaired) electrons. The molecule has 3 heteroatoms. The molecule has 1 fully saturated rings. The third-order valence-corrected chi connectivity index (χ3v) is 3.96. The average molecular weight is 234 g/mol. The lowest BCUT2D eigenvalue weighted by molar-refractivity contribution is -0.0971. The van der Waals surface area contributed by atoms with E-state index in [9.17, 15) is 0 Å². The van der Waals surface area contributed by atoms with E-state index in [-0.39, 0.29) is 5.41 Å². The summed E-state index contributed by atoms with van der Waals surface area (Å²) in [6.07, 6.45) is 4.36. The predicted octanol–water partition coefficient (Wildman–Crippen LogP) is 2.03. The van der Waals surface area contributed by atoms with Gasteiger partial charge in [0.1, 0.15) is 0 Å². The van der Waals surface area contributed by atoms with E-state index in [2.05, 4.69) is 30.2 Å². The van der Waals surface area contributed by atoms with Gasteiger partial charge in [0.25, 0.3) is 0 Å². The molecule has 1 aromatic heterocycles. The summed E-state index contributed by atoms with van der Waals surface area (Å²) in [4.78, 5) is 4.32. The Kier molecular flexibility index (Phi) is 3.79. The predicted molar refractivity (Wildman–Crippen MR) is 68.9 cm³/mol. The number of hydrogen-bond acceptors (Lipinski definition) is 3. The topological polar surface area (TPSA) is 34.1 Å². The van der Waals surface area contributed by atoms with E-state index in [1.807, 2.05) is 18.3 Å². The lowest BCUT2D eigenvalue weighted by Crippen LogP contribution is -2.60. The lowest BCUT2D eigenvalue weighted by Gasteiger charge is -2.51. The lowest BCUT2D eigenvalue weighted by atomic mass is 9.64. The third kappa shape index (κ3) is 2.67. The minimum absolute atomic E-state index is 0.249. The fourth-order valence-electron chi connectivity index (χ4n) is 2.55. The Hall–Kier alpha value is -0.930. The number of nitrogens with one attached hydrogen (secondary N) is 1. The molecule has 1 heterocycles. The highest BCUT2D eigenvalue weighted by Gasteiger charge is 2.47. The van der Waals surface area contributed by atoms with Crippen molar-refractivity contribution in [1.82, 2.24) is 10.3 Å². The summed E-state index contributed by atoms with van der Waals surface area (Å²) in [5.74, 6) is 0. The van der Waals surface area contributed by atoms with Gasteiger partial charge in [0.2, 0.25) is 0 Å². The molecule has 3 nitrogen and oxygen atoms in total. The third-order valence-electron chi connectivity index (χ3n) is 3.96. The molecule has 0 amide bonds. The van der Waals surface area contributed by atoms with Gasteiger partial charge >= 0.3 is 0 Å². The first-order valence-corrected chi connectivity index (χ1v) is 6.30. The Morgan fingerprint density at radius 3 is 2.88 bits per heavy atom. The number of nitrogens with zero attached hydrogens (tertiary/aromatic N) is 1. The van der Waals surface area contributed by atoms with Crippen molar-refractivity contribution in [2.45, 2.75) is 38.8 Å². The zero-order valence-corrected chi connectivity index (χ0v) is 10.9. The zero-order chi connectivity index (χ0) is 12.3. The van der Waals surface area contributed by atoms with Gasteiger partial charge in [-0.25, -0.2) is 0 Å². The molecule has 0 saturated heterocycles. The first kappa shape index (κ1) is 12.5. The van der Waals surface area contributed by atoms with Crippen LogP contribution in [-0.2, 0) is 11.2 Å². The molecule has 2 unspecified atom stereocenters. The van der Waals surface area contributed by atoms with E-state index in [0.29, 0.717) is 12.1 Å². The van der Waals surface area contributed by atoms with Crippen LogP contribution in [0.15, 0.2) is 24.4 Å².